The predicted octanol–water partition coefficient (Wildman–Crippen LogP) is 5.23. The number of hydrogen-bond acceptors (Lipinski definition) is 4. The minimum Gasteiger partial charge on any atom is -0.493 e. The minimum absolute atomic E-state index is 0.0417. The van der Waals surface area contributed by atoms with Crippen molar-refractivity contribution in [2.24, 2.45) is 11.5 Å². The van der Waals surface area contributed by atoms with Crippen LogP contribution in [0.15, 0.2) is 54.6 Å². The van der Waals surface area contributed by atoms with Gasteiger partial charge in [0, 0.05) is 25.1 Å². The first-order chi connectivity index (χ1) is 16.1. The molecule has 4 N–H and O–H groups in total. The highest BCUT2D eigenvalue weighted by Crippen LogP contribution is 2.26. The molecule has 0 aromatic heterocycles. The monoisotopic (exact) mass is 453 g/mol. The van der Waals surface area contributed by atoms with Gasteiger partial charge in [-0.3, -0.25) is 4.79 Å². The Kier molecular flexibility index (Phi) is 12.6. The minimum atomic E-state index is -0.486. The second kappa shape index (κ2) is 15.5. The fraction of sp³-hybridized carbons (Fsp3) is 0.536. The van der Waals surface area contributed by atoms with Gasteiger partial charge in [0.25, 0.3) is 0 Å². The van der Waals surface area contributed by atoms with Crippen molar-refractivity contribution in [3.63, 3.8) is 0 Å². The zero-order chi connectivity index (χ0) is 23.9. The lowest BCUT2D eigenvalue weighted by Crippen LogP contribution is -2.41. The Hall–Kier alpha value is -2.37. The molecule has 0 fully saturated rings. The number of ether oxygens (including phenoxy) is 1. The molecule has 0 aliphatic rings. The Balaban J connectivity index is 2.00. The second-order valence-electron chi connectivity index (χ2n) is 8.96. The third-order valence-corrected chi connectivity index (χ3v) is 6.16. The van der Waals surface area contributed by atoms with Crippen molar-refractivity contribution in [3.05, 3.63) is 65.7 Å². The van der Waals surface area contributed by atoms with E-state index in [1.54, 1.807) is 4.90 Å². The van der Waals surface area contributed by atoms with Crippen LogP contribution in [0.1, 0.15) is 75.3 Å². The van der Waals surface area contributed by atoms with Crippen LogP contribution in [0.25, 0.3) is 0 Å². The van der Waals surface area contributed by atoms with E-state index in [-0.39, 0.29) is 5.91 Å². The van der Waals surface area contributed by atoms with Gasteiger partial charge in [-0.15, -0.1) is 0 Å². The Morgan fingerprint density at radius 1 is 0.939 bits per heavy atom. The quantitative estimate of drug-likeness (QED) is 0.341. The molecule has 2 aromatic rings. The summed E-state index contributed by atoms with van der Waals surface area (Å²) in [4.78, 5) is 14.4. The first kappa shape index (κ1) is 26.9. The normalized spacial score (nSPS) is 12.8. The number of amides is 1. The van der Waals surface area contributed by atoms with E-state index in [4.69, 9.17) is 16.2 Å². The number of nitrogens with two attached hydrogens (primary N) is 2. The van der Waals surface area contributed by atoms with Crippen LogP contribution in [0.2, 0.25) is 0 Å². The molecule has 0 aliphatic carbocycles. The van der Waals surface area contributed by atoms with Crippen molar-refractivity contribution >= 4 is 5.91 Å². The number of likely N-dealkylation sites (N-methyl/N-ethyl adjacent to an activating group) is 1. The highest BCUT2D eigenvalue weighted by atomic mass is 16.5. The highest BCUT2D eigenvalue weighted by molar-refractivity contribution is 5.81. The van der Waals surface area contributed by atoms with Crippen LogP contribution in [0.4, 0.5) is 0 Å². The lowest BCUT2D eigenvalue weighted by molar-refractivity contribution is -0.132. The van der Waals surface area contributed by atoms with E-state index >= 15 is 0 Å². The lowest BCUT2D eigenvalue weighted by atomic mass is 9.93. The van der Waals surface area contributed by atoms with Crippen molar-refractivity contribution in [2.45, 2.75) is 76.8 Å². The van der Waals surface area contributed by atoms with Gasteiger partial charge in [0.15, 0.2) is 0 Å². The predicted molar refractivity (Wildman–Crippen MR) is 137 cm³/mol. The number of nitrogens with zero attached hydrogens (tertiary/aromatic N) is 1. The number of unbranched alkanes of at least 4 members (excludes halogenated alkanes) is 4. The molecule has 0 spiro atoms. The Morgan fingerprint density at radius 3 is 2.36 bits per heavy atom. The van der Waals surface area contributed by atoms with Crippen LogP contribution >= 0.6 is 0 Å². The summed E-state index contributed by atoms with van der Waals surface area (Å²) in [5.74, 6) is 1.15. The van der Waals surface area contributed by atoms with E-state index in [2.05, 4.69) is 37.3 Å². The highest BCUT2D eigenvalue weighted by Gasteiger charge is 2.19. The molecule has 0 saturated carbocycles. The molecule has 182 valence electrons. The molecular formula is C28H43N3O2. The Labute approximate surface area is 200 Å². The summed E-state index contributed by atoms with van der Waals surface area (Å²) in [6.45, 7) is 3.98. The van der Waals surface area contributed by atoms with Crippen molar-refractivity contribution in [2.75, 3.05) is 20.2 Å². The van der Waals surface area contributed by atoms with Crippen molar-refractivity contribution in [1.29, 1.82) is 0 Å². The molecule has 33 heavy (non-hydrogen) atoms. The van der Waals surface area contributed by atoms with Crippen molar-refractivity contribution in [3.8, 4) is 5.75 Å². The van der Waals surface area contributed by atoms with Crippen LogP contribution in [-0.4, -0.2) is 37.0 Å². The smallest absolute Gasteiger partial charge is 0.239 e. The van der Waals surface area contributed by atoms with E-state index in [0.717, 1.165) is 30.6 Å². The van der Waals surface area contributed by atoms with Crippen LogP contribution in [-0.2, 0) is 11.3 Å². The molecular weight excluding hydrogens is 410 g/mol. The molecule has 0 radical (unpaired) electrons. The average molecular weight is 454 g/mol. The number of benzene rings is 2. The lowest BCUT2D eigenvalue weighted by Gasteiger charge is -2.24. The zero-order valence-electron chi connectivity index (χ0n) is 20.5. The fourth-order valence-corrected chi connectivity index (χ4v) is 4.10. The maximum Gasteiger partial charge on any atom is 0.239 e. The fourth-order valence-electron chi connectivity index (χ4n) is 4.10. The molecule has 2 atom stereocenters. The largest absolute Gasteiger partial charge is 0.493 e. The summed E-state index contributed by atoms with van der Waals surface area (Å²) < 4.78 is 6.35. The van der Waals surface area contributed by atoms with E-state index in [1.165, 1.54) is 31.2 Å². The summed E-state index contributed by atoms with van der Waals surface area (Å²) >= 11 is 0. The number of para-hydroxylation sites is 1. The van der Waals surface area contributed by atoms with E-state index in [1.807, 2.05) is 31.3 Å². The SMILES string of the molecule is CCCCCCC(COc1ccccc1CN(C)C(=O)C(N)CCCCN)c1ccccc1. The van der Waals surface area contributed by atoms with Gasteiger partial charge in [-0.05, 0) is 37.4 Å². The Bertz CT molecular complexity index is 797. The number of carbonyl (C=O) groups excluding carboxylic acids is 1. The molecule has 0 heterocycles. The number of carbonyl (C=O) groups is 1. The van der Waals surface area contributed by atoms with Crippen LogP contribution in [0.3, 0.4) is 0 Å². The van der Waals surface area contributed by atoms with Crippen LogP contribution in [0.5, 0.6) is 5.75 Å². The van der Waals surface area contributed by atoms with Gasteiger partial charge >= 0.3 is 0 Å². The van der Waals surface area contributed by atoms with Gasteiger partial charge in [0.2, 0.25) is 5.91 Å². The first-order valence-electron chi connectivity index (χ1n) is 12.5. The van der Waals surface area contributed by atoms with Gasteiger partial charge in [-0.1, -0.05) is 87.6 Å². The summed E-state index contributed by atoms with van der Waals surface area (Å²) in [6, 6.07) is 18.1. The molecule has 5 heteroatoms. The van der Waals surface area contributed by atoms with Gasteiger partial charge in [0.05, 0.1) is 12.6 Å². The van der Waals surface area contributed by atoms with Crippen LogP contribution < -0.4 is 16.2 Å². The molecule has 0 bridgehead atoms. The standard InChI is InChI=1S/C28H43N3O2/c1-3-4-5-7-17-25(23-14-8-6-9-15-23)22-33-27-19-11-10-16-24(27)21-31(2)28(32)26(30)18-12-13-20-29/h6,8-11,14-16,19,25-26H,3-5,7,12-13,17-18,20-22,29-30H2,1-2H3. The molecule has 1 amide bonds. The molecule has 2 aromatic carbocycles. The summed E-state index contributed by atoms with van der Waals surface area (Å²) in [5.41, 5.74) is 14.0. The van der Waals surface area contributed by atoms with Gasteiger partial charge in [-0.25, -0.2) is 0 Å². The maximum absolute atomic E-state index is 12.7. The zero-order valence-corrected chi connectivity index (χ0v) is 20.5. The van der Waals surface area contributed by atoms with E-state index in [0.29, 0.717) is 32.0 Å². The van der Waals surface area contributed by atoms with Crippen LogP contribution in [0, 0.1) is 0 Å². The van der Waals surface area contributed by atoms with Crippen molar-refractivity contribution in [1.82, 2.24) is 4.90 Å². The third kappa shape index (κ3) is 9.56. The van der Waals surface area contributed by atoms with E-state index < -0.39 is 6.04 Å². The first-order valence-corrected chi connectivity index (χ1v) is 12.5. The molecule has 2 unspecified atom stereocenters. The van der Waals surface area contributed by atoms with Gasteiger partial charge in [-0.2, -0.15) is 0 Å². The molecule has 5 nitrogen and oxygen atoms in total. The average Bonchev–Trinajstić information content (AvgIpc) is 2.84. The summed E-state index contributed by atoms with van der Waals surface area (Å²) in [7, 11) is 1.81. The Morgan fingerprint density at radius 2 is 1.64 bits per heavy atom. The number of rotatable bonds is 16. The molecule has 2 rings (SSSR count). The topological polar surface area (TPSA) is 81.6 Å². The second-order valence-corrected chi connectivity index (χ2v) is 8.96. The third-order valence-electron chi connectivity index (χ3n) is 6.16. The summed E-state index contributed by atoms with van der Waals surface area (Å²) in [5, 5.41) is 0. The molecule has 0 saturated heterocycles. The van der Waals surface area contributed by atoms with Crippen molar-refractivity contribution < 1.29 is 9.53 Å². The summed E-state index contributed by atoms with van der Waals surface area (Å²) in [6.07, 6.45) is 8.52. The molecule has 0 aliphatic heterocycles. The van der Waals surface area contributed by atoms with E-state index in [9.17, 15) is 4.79 Å². The number of hydrogen-bond donors (Lipinski definition) is 2. The van der Waals surface area contributed by atoms with Gasteiger partial charge < -0.3 is 21.1 Å². The maximum atomic E-state index is 12.7. The van der Waals surface area contributed by atoms with Gasteiger partial charge in [0.1, 0.15) is 5.75 Å².